The quantitative estimate of drug-likeness (QED) is 0.778. The van der Waals surface area contributed by atoms with Crippen LogP contribution >= 0.6 is 0 Å². The van der Waals surface area contributed by atoms with Crippen LogP contribution in [0.2, 0.25) is 0 Å². The van der Waals surface area contributed by atoms with Gasteiger partial charge in [-0.2, -0.15) is 0 Å². The molecule has 0 amide bonds. The molecule has 0 saturated carbocycles. The molecule has 2 N–H and O–H groups in total. The van der Waals surface area contributed by atoms with E-state index < -0.39 is 5.60 Å². The molecule has 1 atom stereocenters. The molecule has 2 aromatic rings. The van der Waals surface area contributed by atoms with E-state index in [-0.39, 0.29) is 5.92 Å². The van der Waals surface area contributed by atoms with Gasteiger partial charge in [0.2, 0.25) is 0 Å². The van der Waals surface area contributed by atoms with Crippen molar-refractivity contribution >= 4 is 5.70 Å². The van der Waals surface area contributed by atoms with Gasteiger partial charge in [-0.25, -0.2) is 9.97 Å². The molecule has 3 saturated heterocycles. The number of hydrogen-bond donors (Lipinski definition) is 2. The Kier molecular flexibility index (Phi) is 5.12. The zero-order valence-corrected chi connectivity index (χ0v) is 17.0. The van der Waals surface area contributed by atoms with Gasteiger partial charge in [-0.3, -0.25) is 4.90 Å². The summed E-state index contributed by atoms with van der Waals surface area (Å²) in [4.78, 5) is 11.7. The van der Waals surface area contributed by atoms with Gasteiger partial charge in [0.1, 0.15) is 5.60 Å². The summed E-state index contributed by atoms with van der Waals surface area (Å²) in [6.07, 6.45) is 10.6. The highest BCUT2D eigenvalue weighted by atomic mass is 16.3. The van der Waals surface area contributed by atoms with Gasteiger partial charge < -0.3 is 10.4 Å². The lowest BCUT2D eigenvalue weighted by molar-refractivity contribution is -0.0713. The second kappa shape index (κ2) is 8.06. The lowest BCUT2D eigenvalue weighted by atomic mass is 9.76. The molecule has 152 valence electrons. The Morgan fingerprint density at radius 1 is 1.20 bits per heavy atom. The van der Waals surface area contributed by atoms with Crippen LogP contribution in [0, 0.1) is 17.8 Å². The number of rotatable bonds is 3. The average molecular weight is 399 g/mol. The first-order chi connectivity index (χ1) is 14.7. The minimum atomic E-state index is -0.933. The Hall–Kier alpha value is -2.94. The molecule has 30 heavy (non-hydrogen) atoms. The van der Waals surface area contributed by atoms with Gasteiger partial charge in [-0.05, 0) is 37.6 Å². The molecule has 0 spiro atoms. The van der Waals surface area contributed by atoms with Crippen molar-refractivity contribution in [1.29, 1.82) is 0 Å². The molecule has 5 heterocycles. The molecular weight excluding hydrogens is 372 g/mol. The second-order valence-corrected chi connectivity index (χ2v) is 8.33. The Bertz CT molecular complexity index is 1040. The number of aliphatic hydroxyl groups is 1. The first-order valence-corrected chi connectivity index (χ1v) is 10.7. The number of piperidine rings is 3. The largest absolute Gasteiger partial charge is 0.379 e. The summed E-state index contributed by atoms with van der Waals surface area (Å²) in [6, 6.07) is 10.3. The van der Waals surface area contributed by atoms with Gasteiger partial charge >= 0.3 is 0 Å². The SMILES string of the molecule is OC1(C#Cc2cnc(C3=CC=CCN3)nc2Cc2ccccc2)CN2CCC1CC2. The van der Waals surface area contributed by atoms with Crippen LogP contribution in [-0.4, -0.2) is 51.8 Å². The predicted octanol–water partition coefficient (Wildman–Crippen LogP) is 2.38. The van der Waals surface area contributed by atoms with E-state index in [9.17, 15) is 5.11 Å². The molecule has 1 unspecified atom stereocenters. The summed E-state index contributed by atoms with van der Waals surface area (Å²) in [5.74, 6) is 7.41. The molecular formula is C25H26N4O. The molecule has 5 heteroatoms. The van der Waals surface area contributed by atoms with E-state index in [0.717, 1.165) is 49.4 Å². The van der Waals surface area contributed by atoms with E-state index in [2.05, 4.69) is 45.3 Å². The zero-order chi connectivity index (χ0) is 20.4. The van der Waals surface area contributed by atoms with Crippen LogP contribution in [0.3, 0.4) is 0 Å². The third-order valence-corrected chi connectivity index (χ3v) is 6.27. The maximum Gasteiger partial charge on any atom is 0.175 e. The van der Waals surface area contributed by atoms with Crippen molar-refractivity contribution in [3.05, 3.63) is 77.4 Å². The summed E-state index contributed by atoms with van der Waals surface area (Å²) in [5, 5.41) is 14.5. The Morgan fingerprint density at radius 3 is 2.73 bits per heavy atom. The van der Waals surface area contributed by atoms with Crippen molar-refractivity contribution in [3.8, 4) is 11.8 Å². The van der Waals surface area contributed by atoms with Crippen molar-refractivity contribution < 1.29 is 5.11 Å². The molecule has 3 fully saturated rings. The van der Waals surface area contributed by atoms with Crippen molar-refractivity contribution in [2.24, 2.45) is 5.92 Å². The van der Waals surface area contributed by atoms with Gasteiger partial charge in [0, 0.05) is 31.6 Å². The molecule has 1 aromatic carbocycles. The normalized spacial score (nSPS) is 27.0. The first-order valence-electron chi connectivity index (χ1n) is 10.7. The van der Waals surface area contributed by atoms with Gasteiger partial charge in [-0.1, -0.05) is 54.3 Å². The zero-order valence-electron chi connectivity index (χ0n) is 17.0. The first kappa shape index (κ1) is 19.0. The summed E-state index contributed by atoms with van der Waals surface area (Å²) in [6.45, 7) is 3.56. The molecule has 0 radical (unpaired) electrons. The fourth-order valence-electron chi connectivity index (χ4n) is 4.54. The summed E-state index contributed by atoms with van der Waals surface area (Å²) >= 11 is 0. The van der Waals surface area contributed by atoms with Crippen LogP contribution in [0.4, 0.5) is 0 Å². The number of fused-ring (bicyclic) bond motifs is 3. The Labute approximate surface area is 177 Å². The van der Waals surface area contributed by atoms with Gasteiger partial charge in [0.05, 0.1) is 17.0 Å². The number of allylic oxidation sites excluding steroid dienone is 2. The van der Waals surface area contributed by atoms with E-state index in [1.165, 1.54) is 5.56 Å². The maximum atomic E-state index is 11.2. The lowest BCUT2D eigenvalue weighted by Crippen LogP contribution is -2.58. The number of nitrogens with one attached hydrogen (secondary N) is 1. The summed E-state index contributed by atoms with van der Waals surface area (Å²) in [5.41, 5.74) is 2.84. The molecule has 4 aliphatic rings. The Morgan fingerprint density at radius 2 is 2.03 bits per heavy atom. The van der Waals surface area contributed by atoms with E-state index >= 15 is 0 Å². The fraction of sp³-hybridized carbons (Fsp3) is 0.360. The molecule has 1 aromatic heterocycles. The van der Waals surface area contributed by atoms with Crippen molar-refractivity contribution in [2.45, 2.75) is 24.9 Å². The number of aromatic nitrogens is 2. The van der Waals surface area contributed by atoms with Gasteiger partial charge in [-0.15, -0.1) is 0 Å². The monoisotopic (exact) mass is 398 g/mol. The van der Waals surface area contributed by atoms with Crippen LogP contribution in [0.5, 0.6) is 0 Å². The highest BCUT2D eigenvalue weighted by molar-refractivity contribution is 5.62. The molecule has 4 aliphatic heterocycles. The number of benzene rings is 1. The third-order valence-electron chi connectivity index (χ3n) is 6.27. The Balaban J connectivity index is 1.49. The van der Waals surface area contributed by atoms with Crippen molar-refractivity contribution in [1.82, 2.24) is 20.2 Å². The lowest BCUT2D eigenvalue weighted by Gasteiger charge is -2.47. The topological polar surface area (TPSA) is 61.3 Å². The van der Waals surface area contributed by atoms with Gasteiger partial charge in [0.25, 0.3) is 0 Å². The average Bonchev–Trinajstić information content (AvgIpc) is 2.80. The van der Waals surface area contributed by atoms with E-state index in [4.69, 9.17) is 4.98 Å². The number of nitrogens with zero attached hydrogens (tertiary/aromatic N) is 3. The van der Waals surface area contributed by atoms with Crippen LogP contribution in [0.1, 0.15) is 35.5 Å². The smallest absolute Gasteiger partial charge is 0.175 e. The van der Waals surface area contributed by atoms with Crippen LogP contribution in [0.15, 0.2) is 54.8 Å². The molecule has 0 aliphatic carbocycles. The minimum absolute atomic E-state index is 0.260. The van der Waals surface area contributed by atoms with E-state index in [1.54, 1.807) is 6.20 Å². The van der Waals surface area contributed by atoms with E-state index in [0.29, 0.717) is 18.8 Å². The standard InChI is InChI=1S/C25H26N4O/c30-25(18-29-14-10-21(25)11-15-29)12-9-20-17-27-24(22-8-4-5-13-26-22)28-23(20)16-19-6-2-1-3-7-19/h1-8,17,21,26,30H,10-11,13-16,18H2. The summed E-state index contributed by atoms with van der Waals surface area (Å²) in [7, 11) is 0. The summed E-state index contributed by atoms with van der Waals surface area (Å²) < 4.78 is 0. The van der Waals surface area contributed by atoms with Crippen LogP contribution in [-0.2, 0) is 6.42 Å². The van der Waals surface area contributed by atoms with Crippen molar-refractivity contribution in [2.75, 3.05) is 26.2 Å². The van der Waals surface area contributed by atoms with E-state index in [1.807, 2.05) is 30.4 Å². The van der Waals surface area contributed by atoms with Gasteiger partial charge in [0.15, 0.2) is 5.82 Å². The van der Waals surface area contributed by atoms with Crippen molar-refractivity contribution in [3.63, 3.8) is 0 Å². The predicted molar refractivity (Wildman–Crippen MR) is 117 cm³/mol. The molecule has 6 rings (SSSR count). The highest BCUT2D eigenvalue weighted by Crippen LogP contribution is 2.35. The second-order valence-electron chi connectivity index (χ2n) is 8.33. The number of dihydropyridines is 1. The highest BCUT2D eigenvalue weighted by Gasteiger charge is 2.44. The molecule has 2 bridgehead atoms. The van der Waals surface area contributed by atoms with Crippen LogP contribution in [0.25, 0.3) is 5.70 Å². The maximum absolute atomic E-state index is 11.2. The minimum Gasteiger partial charge on any atom is -0.379 e. The number of hydrogen-bond acceptors (Lipinski definition) is 5. The third kappa shape index (κ3) is 3.89. The fourth-order valence-corrected chi connectivity index (χ4v) is 4.54. The van der Waals surface area contributed by atoms with Crippen LogP contribution < -0.4 is 5.32 Å². The molecule has 5 nitrogen and oxygen atoms in total.